The normalized spacial score (nSPS) is 13.4. The van der Waals surface area contributed by atoms with E-state index in [-0.39, 0.29) is 0 Å². The van der Waals surface area contributed by atoms with E-state index in [4.69, 9.17) is 11.6 Å². The minimum absolute atomic E-state index is 0.475. The van der Waals surface area contributed by atoms with Crippen molar-refractivity contribution in [1.82, 2.24) is 5.32 Å². The average Bonchev–Trinajstić information content (AvgIpc) is 2.65. The summed E-state index contributed by atoms with van der Waals surface area (Å²) >= 11 is 7.68. The first kappa shape index (κ1) is 13.0. The first-order chi connectivity index (χ1) is 7.22. The monoisotopic (exact) mass is 245 g/mol. The van der Waals surface area contributed by atoms with Crippen molar-refractivity contribution in [3.63, 3.8) is 0 Å². The van der Waals surface area contributed by atoms with Gasteiger partial charge in [0, 0.05) is 10.9 Å². The molecule has 0 aromatic carbocycles. The Hall–Kier alpha value is -0.0500. The van der Waals surface area contributed by atoms with Crippen molar-refractivity contribution in [2.24, 2.45) is 5.92 Å². The first-order valence-electron chi connectivity index (χ1n) is 5.71. The summed E-state index contributed by atoms with van der Waals surface area (Å²) in [5.74, 6) is 0.708. The predicted octanol–water partition coefficient (Wildman–Crippen LogP) is 4.49. The summed E-state index contributed by atoms with van der Waals surface area (Å²) in [6, 6.07) is 4.62. The van der Waals surface area contributed by atoms with Crippen LogP contribution in [0.15, 0.2) is 12.1 Å². The van der Waals surface area contributed by atoms with Gasteiger partial charge in [-0.3, -0.25) is 0 Å². The average molecular weight is 246 g/mol. The molecular weight excluding hydrogens is 226 g/mol. The zero-order valence-electron chi connectivity index (χ0n) is 9.72. The van der Waals surface area contributed by atoms with Gasteiger partial charge in [-0.2, -0.15) is 0 Å². The van der Waals surface area contributed by atoms with Crippen molar-refractivity contribution in [3.05, 3.63) is 21.3 Å². The van der Waals surface area contributed by atoms with E-state index >= 15 is 0 Å². The zero-order chi connectivity index (χ0) is 11.3. The lowest BCUT2D eigenvalue weighted by molar-refractivity contribution is 0.351. The summed E-state index contributed by atoms with van der Waals surface area (Å²) in [6.07, 6.45) is 2.42. The Balaban J connectivity index is 2.81. The maximum Gasteiger partial charge on any atom is 0.0931 e. The van der Waals surface area contributed by atoms with Crippen LogP contribution in [0, 0.1) is 5.92 Å². The van der Waals surface area contributed by atoms with Gasteiger partial charge in [-0.1, -0.05) is 45.2 Å². The topological polar surface area (TPSA) is 12.0 Å². The van der Waals surface area contributed by atoms with Gasteiger partial charge in [-0.25, -0.2) is 0 Å². The third kappa shape index (κ3) is 3.47. The SMILES string of the molecule is CCNC(c1ccc(Cl)s1)C(CC)CC. The van der Waals surface area contributed by atoms with Gasteiger partial charge in [0.25, 0.3) is 0 Å². The molecule has 0 amide bonds. The van der Waals surface area contributed by atoms with Gasteiger partial charge >= 0.3 is 0 Å². The Morgan fingerprint density at radius 3 is 2.33 bits per heavy atom. The molecule has 0 aliphatic heterocycles. The summed E-state index contributed by atoms with van der Waals surface area (Å²) in [7, 11) is 0. The lowest BCUT2D eigenvalue weighted by atomic mass is 9.93. The van der Waals surface area contributed by atoms with Gasteiger partial charge < -0.3 is 5.32 Å². The second kappa shape index (κ2) is 6.51. The quantitative estimate of drug-likeness (QED) is 0.779. The maximum absolute atomic E-state index is 5.99. The lowest BCUT2D eigenvalue weighted by Gasteiger charge is -2.25. The van der Waals surface area contributed by atoms with E-state index in [9.17, 15) is 0 Å². The van der Waals surface area contributed by atoms with Crippen LogP contribution in [-0.4, -0.2) is 6.54 Å². The van der Waals surface area contributed by atoms with Crippen molar-refractivity contribution < 1.29 is 0 Å². The van der Waals surface area contributed by atoms with Crippen LogP contribution in [0.2, 0.25) is 4.34 Å². The third-order valence-electron chi connectivity index (χ3n) is 2.84. The minimum Gasteiger partial charge on any atom is -0.309 e. The Morgan fingerprint density at radius 2 is 1.93 bits per heavy atom. The van der Waals surface area contributed by atoms with Gasteiger partial charge in [0.1, 0.15) is 0 Å². The highest BCUT2D eigenvalue weighted by molar-refractivity contribution is 7.16. The zero-order valence-corrected chi connectivity index (χ0v) is 11.3. The first-order valence-corrected chi connectivity index (χ1v) is 6.90. The molecular formula is C12H20ClNS. The fourth-order valence-electron chi connectivity index (χ4n) is 1.97. The van der Waals surface area contributed by atoms with E-state index in [2.05, 4.69) is 32.2 Å². The molecule has 3 heteroatoms. The molecule has 0 spiro atoms. The molecule has 0 aliphatic rings. The molecule has 1 N–H and O–H groups in total. The van der Waals surface area contributed by atoms with Crippen molar-refractivity contribution in [2.75, 3.05) is 6.54 Å². The molecule has 1 aromatic rings. The van der Waals surface area contributed by atoms with Gasteiger partial charge in [-0.05, 0) is 24.6 Å². The number of hydrogen-bond acceptors (Lipinski definition) is 2. The summed E-state index contributed by atoms with van der Waals surface area (Å²) in [5.41, 5.74) is 0. The third-order valence-corrected chi connectivity index (χ3v) is 4.16. The van der Waals surface area contributed by atoms with Crippen LogP contribution in [0.5, 0.6) is 0 Å². The van der Waals surface area contributed by atoms with Crippen LogP contribution in [-0.2, 0) is 0 Å². The molecule has 0 saturated heterocycles. The Kier molecular flexibility index (Phi) is 5.65. The van der Waals surface area contributed by atoms with E-state index in [1.807, 2.05) is 6.07 Å². The highest BCUT2D eigenvalue weighted by Crippen LogP contribution is 2.33. The lowest BCUT2D eigenvalue weighted by Crippen LogP contribution is -2.26. The number of hydrogen-bond donors (Lipinski definition) is 1. The van der Waals surface area contributed by atoms with E-state index in [0.29, 0.717) is 12.0 Å². The number of rotatable bonds is 6. The number of halogens is 1. The summed E-state index contributed by atoms with van der Waals surface area (Å²) in [6.45, 7) is 7.68. The molecule has 1 rings (SSSR count). The van der Waals surface area contributed by atoms with Crippen molar-refractivity contribution in [3.8, 4) is 0 Å². The Bertz CT molecular complexity index is 281. The van der Waals surface area contributed by atoms with Crippen LogP contribution >= 0.6 is 22.9 Å². The van der Waals surface area contributed by atoms with Gasteiger partial charge in [0.15, 0.2) is 0 Å². The molecule has 0 bridgehead atoms. The molecule has 0 aliphatic carbocycles. The predicted molar refractivity (Wildman–Crippen MR) is 69.8 cm³/mol. The minimum atomic E-state index is 0.475. The fourth-order valence-corrected chi connectivity index (χ4v) is 3.21. The van der Waals surface area contributed by atoms with Gasteiger partial charge in [-0.15, -0.1) is 11.3 Å². The van der Waals surface area contributed by atoms with Crippen LogP contribution < -0.4 is 5.32 Å². The van der Waals surface area contributed by atoms with E-state index < -0.39 is 0 Å². The molecule has 1 nitrogen and oxygen atoms in total. The molecule has 1 aromatic heterocycles. The highest BCUT2D eigenvalue weighted by Gasteiger charge is 2.20. The van der Waals surface area contributed by atoms with Crippen LogP contribution in [0.4, 0.5) is 0 Å². The van der Waals surface area contributed by atoms with E-state index in [0.717, 1.165) is 10.9 Å². The van der Waals surface area contributed by atoms with Gasteiger partial charge in [0.2, 0.25) is 0 Å². The summed E-state index contributed by atoms with van der Waals surface area (Å²) in [4.78, 5) is 1.37. The van der Waals surface area contributed by atoms with Crippen LogP contribution in [0.1, 0.15) is 44.5 Å². The molecule has 1 unspecified atom stereocenters. The largest absolute Gasteiger partial charge is 0.309 e. The highest BCUT2D eigenvalue weighted by atomic mass is 35.5. The standard InChI is InChI=1S/C12H20ClNS/c1-4-9(5-2)12(14-6-3)10-7-8-11(13)15-10/h7-9,12,14H,4-6H2,1-3H3. The van der Waals surface area contributed by atoms with Crippen molar-refractivity contribution in [2.45, 2.75) is 39.7 Å². The summed E-state index contributed by atoms with van der Waals surface area (Å²) < 4.78 is 0.888. The molecule has 1 atom stereocenters. The molecule has 86 valence electrons. The summed E-state index contributed by atoms with van der Waals surface area (Å²) in [5, 5.41) is 3.57. The molecule has 15 heavy (non-hydrogen) atoms. The van der Waals surface area contributed by atoms with E-state index in [1.165, 1.54) is 17.7 Å². The second-order valence-electron chi connectivity index (χ2n) is 3.75. The number of thiophene rings is 1. The van der Waals surface area contributed by atoms with Crippen LogP contribution in [0.25, 0.3) is 0 Å². The smallest absolute Gasteiger partial charge is 0.0931 e. The molecule has 1 heterocycles. The van der Waals surface area contributed by atoms with Gasteiger partial charge in [0.05, 0.1) is 4.34 Å². The molecule has 0 fully saturated rings. The van der Waals surface area contributed by atoms with Crippen molar-refractivity contribution >= 4 is 22.9 Å². The fraction of sp³-hybridized carbons (Fsp3) is 0.667. The second-order valence-corrected chi connectivity index (χ2v) is 5.50. The molecule has 0 radical (unpaired) electrons. The molecule has 0 saturated carbocycles. The van der Waals surface area contributed by atoms with Crippen LogP contribution in [0.3, 0.4) is 0 Å². The Morgan fingerprint density at radius 1 is 1.27 bits per heavy atom. The van der Waals surface area contributed by atoms with Crippen molar-refractivity contribution in [1.29, 1.82) is 0 Å². The van der Waals surface area contributed by atoms with E-state index in [1.54, 1.807) is 11.3 Å². The maximum atomic E-state index is 5.99. The number of nitrogens with one attached hydrogen (secondary N) is 1. The Labute approximate surface area is 102 Å².